The molecule has 254 valence electrons. The lowest BCUT2D eigenvalue weighted by molar-refractivity contribution is -0.138. The second-order valence-electron chi connectivity index (χ2n) is 11.1. The predicted molar refractivity (Wildman–Crippen MR) is 175 cm³/mol. The molecule has 0 aliphatic carbocycles. The van der Waals surface area contributed by atoms with Gasteiger partial charge in [-0.15, -0.1) is 0 Å². The molecule has 12 heteroatoms. The molecule has 2 aliphatic rings. The number of aromatic nitrogens is 1. The summed E-state index contributed by atoms with van der Waals surface area (Å²) in [5, 5.41) is 3.23. The van der Waals surface area contributed by atoms with Gasteiger partial charge < -0.3 is 19.9 Å². The molecule has 2 aliphatic heterocycles. The minimum atomic E-state index is -4.49. The number of hydrogen-bond donors (Lipinski definition) is 1. The van der Waals surface area contributed by atoms with Crippen LogP contribution in [0, 0.1) is 12.8 Å². The van der Waals surface area contributed by atoms with E-state index >= 15 is 0 Å². The fraction of sp³-hybridized carbons (Fsp3) is 0.429. The molecule has 3 amide bonds. The lowest BCUT2D eigenvalue weighted by atomic mass is 9.95. The number of halogens is 4. The fourth-order valence-corrected chi connectivity index (χ4v) is 5.43. The van der Waals surface area contributed by atoms with Crippen LogP contribution in [0.5, 0.6) is 5.75 Å². The monoisotopic (exact) mass is 674 g/mol. The predicted octanol–water partition coefficient (Wildman–Crippen LogP) is 7.75. The topological polar surface area (TPSA) is 91.8 Å². The number of benzene rings is 2. The highest BCUT2D eigenvalue weighted by Crippen LogP contribution is 2.31. The number of pyridine rings is 1. The van der Waals surface area contributed by atoms with Gasteiger partial charge in [-0.05, 0) is 75.1 Å². The standard InChI is InChI=1S/C23H23ClF3N3O2.C10H13NO2.C2H6/c24-19-4-1-15(2-5-19)17-9-12-30(14-17)21(31)16-7-10-29(11-8-16)22(32)20-6-3-18(13-28-20)23(25,26)27;1-3-11-10(12)13-9-6-4-8(2)5-7-9;1-2/h1-6,13,16-17H,7-12,14H2;4-7H,3H2,1-2H3,(H,11,12);1-2H3/t17-;;/m0../s1. The summed E-state index contributed by atoms with van der Waals surface area (Å²) in [4.78, 5) is 43.7. The van der Waals surface area contributed by atoms with Crippen LogP contribution in [-0.2, 0) is 11.0 Å². The number of ether oxygens (including phenoxy) is 1. The molecule has 3 heterocycles. The smallest absolute Gasteiger partial charge is 0.410 e. The maximum atomic E-state index is 13.0. The molecular weight excluding hydrogens is 633 g/mol. The molecule has 0 bridgehead atoms. The second-order valence-corrected chi connectivity index (χ2v) is 11.5. The van der Waals surface area contributed by atoms with Crippen LogP contribution in [0.1, 0.15) is 73.1 Å². The van der Waals surface area contributed by atoms with Gasteiger partial charge in [0.25, 0.3) is 5.91 Å². The molecule has 0 saturated carbocycles. The molecule has 0 unspecified atom stereocenters. The van der Waals surface area contributed by atoms with Gasteiger partial charge in [-0.2, -0.15) is 13.2 Å². The van der Waals surface area contributed by atoms with Crippen molar-refractivity contribution in [2.45, 2.75) is 59.1 Å². The molecule has 5 rings (SSSR count). The number of piperidine rings is 1. The zero-order valence-electron chi connectivity index (χ0n) is 27.1. The lowest BCUT2D eigenvalue weighted by Gasteiger charge is -2.33. The van der Waals surface area contributed by atoms with E-state index in [1.165, 1.54) is 5.56 Å². The number of hydrogen-bond acceptors (Lipinski definition) is 5. The maximum absolute atomic E-state index is 13.0. The van der Waals surface area contributed by atoms with E-state index in [-0.39, 0.29) is 17.5 Å². The van der Waals surface area contributed by atoms with Crippen LogP contribution < -0.4 is 10.1 Å². The Bertz CT molecular complexity index is 1440. The molecule has 8 nitrogen and oxygen atoms in total. The van der Waals surface area contributed by atoms with E-state index in [1.807, 2.05) is 69.0 Å². The Hall–Kier alpha value is -4.12. The van der Waals surface area contributed by atoms with Crippen LogP contribution in [0.2, 0.25) is 5.02 Å². The third kappa shape index (κ3) is 11.0. The molecular formula is C35H42ClF3N4O4. The van der Waals surface area contributed by atoms with Gasteiger partial charge in [0.15, 0.2) is 0 Å². The Morgan fingerprint density at radius 1 is 0.915 bits per heavy atom. The molecule has 1 N–H and O–H groups in total. The second kappa shape index (κ2) is 17.7. The highest BCUT2D eigenvalue weighted by molar-refractivity contribution is 6.30. The summed E-state index contributed by atoms with van der Waals surface area (Å²) < 4.78 is 43.0. The Morgan fingerprint density at radius 3 is 2.09 bits per heavy atom. The third-order valence-electron chi connectivity index (χ3n) is 7.84. The van der Waals surface area contributed by atoms with E-state index in [1.54, 1.807) is 17.0 Å². The molecule has 47 heavy (non-hydrogen) atoms. The SMILES string of the molecule is CC.CCNC(=O)Oc1ccc(C)cc1.O=C(c1ccc(C(F)(F)F)cn1)N1CCC(C(=O)N2CC[C@H](c3ccc(Cl)cc3)C2)CC1. The molecule has 2 saturated heterocycles. The average Bonchev–Trinajstić information content (AvgIpc) is 3.57. The van der Waals surface area contributed by atoms with Crippen molar-refractivity contribution in [1.29, 1.82) is 0 Å². The van der Waals surface area contributed by atoms with Gasteiger partial charge in [0, 0.05) is 55.8 Å². The first-order valence-electron chi connectivity index (χ1n) is 15.8. The van der Waals surface area contributed by atoms with Crippen LogP contribution in [0.4, 0.5) is 18.0 Å². The Morgan fingerprint density at radius 2 is 1.53 bits per heavy atom. The van der Waals surface area contributed by atoms with Crippen LogP contribution >= 0.6 is 11.6 Å². The normalized spacial score (nSPS) is 16.3. The number of amides is 3. The van der Waals surface area contributed by atoms with Crippen LogP contribution in [-0.4, -0.2) is 65.4 Å². The number of alkyl halides is 3. The van der Waals surface area contributed by atoms with Gasteiger partial charge in [0.05, 0.1) is 5.56 Å². The lowest BCUT2D eigenvalue weighted by Crippen LogP contribution is -2.44. The third-order valence-corrected chi connectivity index (χ3v) is 8.09. The van der Waals surface area contributed by atoms with Crippen LogP contribution in [0.3, 0.4) is 0 Å². The Kier molecular flexibility index (Phi) is 14.1. The number of rotatable bonds is 5. The average molecular weight is 675 g/mol. The zero-order valence-corrected chi connectivity index (χ0v) is 27.9. The summed E-state index contributed by atoms with van der Waals surface area (Å²) in [6.07, 6.45) is -2.25. The molecule has 2 fully saturated rings. The quantitative estimate of drug-likeness (QED) is 0.299. The number of nitrogens with zero attached hydrogens (tertiary/aromatic N) is 3. The van der Waals surface area contributed by atoms with Gasteiger partial charge in [-0.3, -0.25) is 14.6 Å². The first-order chi connectivity index (χ1) is 22.4. The number of likely N-dealkylation sites (tertiary alicyclic amines) is 2. The summed E-state index contributed by atoms with van der Waals surface area (Å²) in [6.45, 7) is 10.5. The summed E-state index contributed by atoms with van der Waals surface area (Å²) in [5.41, 5.74) is 1.41. The minimum absolute atomic E-state index is 0.0203. The van der Waals surface area contributed by atoms with Crippen molar-refractivity contribution in [1.82, 2.24) is 20.1 Å². The first-order valence-corrected chi connectivity index (χ1v) is 16.2. The van der Waals surface area contributed by atoms with Crippen molar-refractivity contribution < 1.29 is 32.3 Å². The van der Waals surface area contributed by atoms with Gasteiger partial charge >= 0.3 is 12.3 Å². The molecule has 0 spiro atoms. The number of nitrogens with one attached hydrogen (secondary N) is 1. The van der Waals surface area contributed by atoms with Gasteiger partial charge in [-0.25, -0.2) is 4.79 Å². The van der Waals surface area contributed by atoms with Crippen molar-refractivity contribution in [3.63, 3.8) is 0 Å². The molecule has 0 radical (unpaired) electrons. The van der Waals surface area contributed by atoms with Crippen molar-refractivity contribution in [3.8, 4) is 5.75 Å². The number of carbonyl (C=O) groups is 3. The highest BCUT2D eigenvalue weighted by Gasteiger charge is 2.35. The molecule has 1 aromatic heterocycles. The minimum Gasteiger partial charge on any atom is -0.410 e. The molecule has 2 aromatic carbocycles. The highest BCUT2D eigenvalue weighted by atomic mass is 35.5. The van der Waals surface area contributed by atoms with E-state index in [2.05, 4.69) is 10.3 Å². The number of carbonyl (C=O) groups excluding carboxylic acids is 3. The van der Waals surface area contributed by atoms with E-state index in [4.69, 9.17) is 16.3 Å². The number of aryl methyl sites for hydroxylation is 1. The van der Waals surface area contributed by atoms with Crippen molar-refractivity contribution in [2.24, 2.45) is 5.92 Å². The fourth-order valence-electron chi connectivity index (χ4n) is 5.30. The summed E-state index contributed by atoms with van der Waals surface area (Å²) in [7, 11) is 0. The van der Waals surface area contributed by atoms with E-state index in [0.29, 0.717) is 68.5 Å². The molecule has 3 aromatic rings. The van der Waals surface area contributed by atoms with Crippen molar-refractivity contribution >= 4 is 29.5 Å². The van der Waals surface area contributed by atoms with Crippen molar-refractivity contribution in [3.05, 3.63) is 94.3 Å². The van der Waals surface area contributed by atoms with E-state index in [9.17, 15) is 27.6 Å². The Labute approximate surface area is 279 Å². The van der Waals surface area contributed by atoms with Crippen LogP contribution in [0.15, 0.2) is 66.9 Å². The van der Waals surface area contributed by atoms with Crippen molar-refractivity contribution in [2.75, 3.05) is 32.7 Å². The summed E-state index contributed by atoms with van der Waals surface area (Å²) in [5.74, 6) is 0.415. The first kappa shape index (κ1) is 37.3. The maximum Gasteiger partial charge on any atom is 0.417 e. The summed E-state index contributed by atoms with van der Waals surface area (Å²) >= 11 is 5.96. The van der Waals surface area contributed by atoms with Gasteiger partial charge in [0.2, 0.25) is 5.91 Å². The molecule has 1 atom stereocenters. The van der Waals surface area contributed by atoms with Gasteiger partial charge in [-0.1, -0.05) is 55.3 Å². The van der Waals surface area contributed by atoms with E-state index in [0.717, 1.165) is 24.1 Å². The Balaban J connectivity index is 0.000000335. The van der Waals surface area contributed by atoms with Gasteiger partial charge in [0.1, 0.15) is 11.4 Å². The van der Waals surface area contributed by atoms with E-state index < -0.39 is 23.7 Å². The zero-order chi connectivity index (χ0) is 34.6. The van der Waals surface area contributed by atoms with Crippen LogP contribution in [0.25, 0.3) is 0 Å². The summed E-state index contributed by atoms with van der Waals surface area (Å²) in [6, 6.07) is 17.0. The largest absolute Gasteiger partial charge is 0.417 e.